The molecule has 16 heavy (non-hydrogen) atoms. The summed E-state index contributed by atoms with van der Waals surface area (Å²) in [5.74, 6) is -0.538. The zero-order chi connectivity index (χ0) is 12.3. The van der Waals surface area contributed by atoms with Gasteiger partial charge in [-0.2, -0.15) is 0 Å². The molecular weight excluding hydrogens is 277 g/mol. The molecule has 0 aliphatic rings. The number of hydrogen-bond donors (Lipinski definition) is 2. The quantitative estimate of drug-likeness (QED) is 0.660. The third kappa shape index (κ3) is 3.22. The minimum absolute atomic E-state index is 0.00575. The number of alkyl halides is 1. The normalized spacial score (nSPS) is 14.9. The molecule has 1 aromatic carbocycles. The zero-order valence-electron chi connectivity index (χ0n) is 8.13. The Morgan fingerprint density at radius 3 is 2.38 bits per heavy atom. The first kappa shape index (κ1) is 14.0. The predicted molar refractivity (Wildman–Crippen MR) is 62.7 cm³/mol. The summed E-state index contributed by atoms with van der Waals surface area (Å²) in [6.07, 6.45) is -2.10. The van der Waals surface area contributed by atoms with E-state index in [9.17, 15) is 14.6 Å². The lowest BCUT2D eigenvalue weighted by Crippen LogP contribution is -2.18. The number of aliphatic hydroxyl groups excluding tert-OH is 2. The van der Waals surface area contributed by atoms with Gasteiger partial charge in [-0.15, -0.1) is 11.6 Å². The highest BCUT2D eigenvalue weighted by atomic mass is 35.5. The maximum absolute atomic E-state index is 13.2. The van der Waals surface area contributed by atoms with Gasteiger partial charge in [0.2, 0.25) is 0 Å². The van der Waals surface area contributed by atoms with Crippen molar-refractivity contribution >= 4 is 34.8 Å². The van der Waals surface area contributed by atoms with Gasteiger partial charge in [0.15, 0.2) is 0 Å². The average molecular weight is 288 g/mol. The van der Waals surface area contributed by atoms with Crippen LogP contribution in [0.15, 0.2) is 12.1 Å². The lowest BCUT2D eigenvalue weighted by atomic mass is 10.0. The van der Waals surface area contributed by atoms with E-state index in [1.807, 2.05) is 0 Å². The van der Waals surface area contributed by atoms with Crippen molar-refractivity contribution in [2.75, 3.05) is 5.88 Å². The summed E-state index contributed by atoms with van der Waals surface area (Å²) in [5.41, 5.74) is 0.171. The first-order valence-corrected chi connectivity index (χ1v) is 5.83. The molecule has 0 aliphatic heterocycles. The molecule has 0 bridgehead atoms. The Bertz CT molecular complexity index is 350. The van der Waals surface area contributed by atoms with Gasteiger partial charge in [-0.05, 0) is 24.1 Å². The van der Waals surface area contributed by atoms with Gasteiger partial charge in [0.05, 0.1) is 16.1 Å². The standard InChI is InChI=1S/C10H10Cl3FO2/c11-2-1-8(15)10(16)5-3-6(12)9(13)7(14)4-5/h3-4,8,10,15-16H,1-2H2. The molecule has 0 amide bonds. The Kier molecular flexibility index (Phi) is 5.28. The molecule has 90 valence electrons. The molecule has 0 saturated carbocycles. The molecule has 0 saturated heterocycles. The van der Waals surface area contributed by atoms with Crippen molar-refractivity contribution in [2.45, 2.75) is 18.6 Å². The topological polar surface area (TPSA) is 40.5 Å². The highest BCUT2D eigenvalue weighted by Crippen LogP contribution is 2.30. The van der Waals surface area contributed by atoms with Gasteiger partial charge in [0.25, 0.3) is 0 Å². The molecular formula is C10H10Cl3FO2. The van der Waals surface area contributed by atoms with E-state index < -0.39 is 18.0 Å². The smallest absolute Gasteiger partial charge is 0.143 e. The monoisotopic (exact) mass is 286 g/mol. The van der Waals surface area contributed by atoms with Crippen molar-refractivity contribution in [1.82, 2.24) is 0 Å². The zero-order valence-corrected chi connectivity index (χ0v) is 10.4. The minimum atomic E-state index is -1.23. The van der Waals surface area contributed by atoms with Gasteiger partial charge >= 0.3 is 0 Å². The first-order chi connectivity index (χ1) is 7.47. The van der Waals surface area contributed by atoms with E-state index in [2.05, 4.69) is 0 Å². The van der Waals surface area contributed by atoms with Gasteiger partial charge in [0, 0.05) is 5.88 Å². The van der Waals surface area contributed by atoms with Crippen LogP contribution in [0.2, 0.25) is 10.0 Å². The Morgan fingerprint density at radius 1 is 1.25 bits per heavy atom. The van der Waals surface area contributed by atoms with Crippen LogP contribution in [-0.2, 0) is 0 Å². The summed E-state index contributed by atoms with van der Waals surface area (Å²) in [6.45, 7) is 0. The highest BCUT2D eigenvalue weighted by Gasteiger charge is 2.20. The molecule has 1 aromatic rings. The molecule has 0 spiro atoms. The van der Waals surface area contributed by atoms with Crippen LogP contribution >= 0.6 is 34.8 Å². The van der Waals surface area contributed by atoms with E-state index in [1.165, 1.54) is 6.07 Å². The van der Waals surface area contributed by atoms with Gasteiger partial charge in [0.1, 0.15) is 11.9 Å². The fourth-order valence-corrected chi connectivity index (χ4v) is 1.79. The van der Waals surface area contributed by atoms with Crippen molar-refractivity contribution in [2.24, 2.45) is 0 Å². The maximum atomic E-state index is 13.2. The third-order valence-corrected chi connectivity index (χ3v) is 3.11. The van der Waals surface area contributed by atoms with Gasteiger partial charge in [-0.3, -0.25) is 0 Å². The number of rotatable bonds is 4. The largest absolute Gasteiger partial charge is 0.390 e. The second kappa shape index (κ2) is 6.03. The summed E-state index contributed by atoms with van der Waals surface area (Å²) in [5, 5.41) is 19.0. The second-order valence-electron chi connectivity index (χ2n) is 3.29. The van der Waals surface area contributed by atoms with Gasteiger partial charge in [-0.25, -0.2) is 4.39 Å². The van der Waals surface area contributed by atoms with E-state index in [0.29, 0.717) is 0 Å². The maximum Gasteiger partial charge on any atom is 0.143 e. The van der Waals surface area contributed by atoms with Crippen LogP contribution in [0.3, 0.4) is 0 Å². The van der Waals surface area contributed by atoms with Crippen LogP contribution in [0.5, 0.6) is 0 Å². The van der Waals surface area contributed by atoms with Crippen molar-refractivity contribution in [3.63, 3.8) is 0 Å². The molecule has 0 aromatic heterocycles. The molecule has 0 aliphatic carbocycles. The lowest BCUT2D eigenvalue weighted by molar-refractivity contribution is 0.0168. The molecule has 1 rings (SSSR count). The number of benzene rings is 1. The lowest BCUT2D eigenvalue weighted by Gasteiger charge is -2.17. The molecule has 2 N–H and O–H groups in total. The minimum Gasteiger partial charge on any atom is -0.390 e. The molecule has 0 fully saturated rings. The molecule has 0 heterocycles. The molecule has 2 nitrogen and oxygen atoms in total. The van der Waals surface area contributed by atoms with Crippen LogP contribution in [0, 0.1) is 5.82 Å². The molecule has 0 radical (unpaired) electrons. The third-order valence-electron chi connectivity index (χ3n) is 2.12. The van der Waals surface area contributed by atoms with Crippen LogP contribution in [0.4, 0.5) is 4.39 Å². The summed E-state index contributed by atoms with van der Waals surface area (Å²) < 4.78 is 13.2. The molecule has 2 atom stereocenters. The Hall–Kier alpha value is -0.0600. The number of hydrogen-bond acceptors (Lipinski definition) is 2. The number of halogens is 4. The summed E-state index contributed by atoms with van der Waals surface area (Å²) >= 11 is 16.6. The average Bonchev–Trinajstić information content (AvgIpc) is 2.24. The van der Waals surface area contributed by atoms with Crippen molar-refractivity contribution in [3.8, 4) is 0 Å². The fourth-order valence-electron chi connectivity index (χ4n) is 1.24. The van der Waals surface area contributed by atoms with Crippen LogP contribution in [0.1, 0.15) is 18.1 Å². The Morgan fingerprint density at radius 2 is 1.88 bits per heavy atom. The van der Waals surface area contributed by atoms with Crippen LogP contribution in [0.25, 0.3) is 0 Å². The van der Waals surface area contributed by atoms with E-state index in [1.54, 1.807) is 0 Å². The van der Waals surface area contributed by atoms with Gasteiger partial charge in [-0.1, -0.05) is 23.2 Å². The van der Waals surface area contributed by atoms with E-state index in [-0.39, 0.29) is 27.9 Å². The van der Waals surface area contributed by atoms with E-state index in [0.717, 1.165) is 6.07 Å². The van der Waals surface area contributed by atoms with Crippen LogP contribution < -0.4 is 0 Å². The SMILES string of the molecule is OC(CCCl)C(O)c1cc(F)c(Cl)c(Cl)c1. The highest BCUT2D eigenvalue weighted by molar-refractivity contribution is 6.42. The predicted octanol–water partition coefficient (Wildman–Crippen LogP) is 3.16. The van der Waals surface area contributed by atoms with Gasteiger partial charge < -0.3 is 10.2 Å². The van der Waals surface area contributed by atoms with Crippen molar-refractivity contribution in [3.05, 3.63) is 33.6 Å². The van der Waals surface area contributed by atoms with Crippen molar-refractivity contribution in [1.29, 1.82) is 0 Å². The van der Waals surface area contributed by atoms with Crippen LogP contribution in [-0.4, -0.2) is 22.2 Å². The molecule has 2 unspecified atom stereocenters. The van der Waals surface area contributed by atoms with E-state index >= 15 is 0 Å². The second-order valence-corrected chi connectivity index (χ2v) is 4.45. The van der Waals surface area contributed by atoms with E-state index in [4.69, 9.17) is 34.8 Å². The Balaban J connectivity index is 2.96. The summed E-state index contributed by atoms with van der Waals surface area (Å²) in [7, 11) is 0. The summed E-state index contributed by atoms with van der Waals surface area (Å²) in [4.78, 5) is 0. The fraction of sp³-hybridized carbons (Fsp3) is 0.400. The molecule has 6 heteroatoms. The van der Waals surface area contributed by atoms with Crippen molar-refractivity contribution < 1.29 is 14.6 Å². The number of aliphatic hydroxyl groups is 2. The summed E-state index contributed by atoms with van der Waals surface area (Å²) in [6, 6.07) is 2.35. The first-order valence-electron chi connectivity index (χ1n) is 4.54. The Labute approximate surface area is 108 Å².